The summed E-state index contributed by atoms with van der Waals surface area (Å²) in [4.78, 5) is 25.8. The number of nitro groups is 1. The lowest BCUT2D eigenvalue weighted by Crippen LogP contribution is -1.99. The Bertz CT molecular complexity index is 681. The van der Waals surface area contributed by atoms with Gasteiger partial charge in [-0.2, -0.15) is 0 Å². The molecule has 0 aliphatic rings. The SMILES string of the molecule is CCC(=O)c1ccc(Oc2ccc([N+](=O)[O-])c(C)c2)cn1. The Morgan fingerprint density at radius 1 is 1.29 bits per heavy atom. The number of Topliss-reactive ketones (excluding diaryl/α,β-unsaturated/α-hetero) is 1. The van der Waals surface area contributed by atoms with Gasteiger partial charge >= 0.3 is 0 Å². The van der Waals surface area contributed by atoms with Gasteiger partial charge in [0.05, 0.1) is 11.1 Å². The van der Waals surface area contributed by atoms with Gasteiger partial charge in [0.25, 0.3) is 5.69 Å². The summed E-state index contributed by atoms with van der Waals surface area (Å²) in [6, 6.07) is 7.75. The average molecular weight is 286 g/mol. The minimum atomic E-state index is -0.439. The Hall–Kier alpha value is -2.76. The molecule has 108 valence electrons. The molecule has 0 aliphatic carbocycles. The lowest BCUT2D eigenvalue weighted by Gasteiger charge is -2.07. The van der Waals surface area contributed by atoms with E-state index in [0.717, 1.165) is 0 Å². The molecule has 0 saturated carbocycles. The molecular formula is C15H14N2O4. The van der Waals surface area contributed by atoms with Gasteiger partial charge in [0.1, 0.15) is 17.2 Å². The molecule has 1 heterocycles. The van der Waals surface area contributed by atoms with E-state index in [-0.39, 0.29) is 11.5 Å². The molecule has 1 aromatic heterocycles. The van der Waals surface area contributed by atoms with E-state index in [2.05, 4.69) is 4.98 Å². The number of ether oxygens (including phenoxy) is 1. The third kappa shape index (κ3) is 3.42. The number of nitrogens with zero attached hydrogens (tertiary/aromatic N) is 2. The second kappa shape index (κ2) is 6.13. The number of rotatable bonds is 5. The number of aryl methyl sites for hydroxylation is 1. The highest BCUT2D eigenvalue weighted by Gasteiger charge is 2.11. The van der Waals surface area contributed by atoms with Crippen molar-refractivity contribution in [1.82, 2.24) is 4.98 Å². The number of aromatic nitrogens is 1. The van der Waals surface area contributed by atoms with Crippen LogP contribution in [0.3, 0.4) is 0 Å². The molecule has 1 aromatic carbocycles. The van der Waals surface area contributed by atoms with Crippen LogP contribution in [0.4, 0.5) is 5.69 Å². The van der Waals surface area contributed by atoms with Gasteiger partial charge in [-0.1, -0.05) is 6.92 Å². The molecule has 0 N–H and O–H groups in total. The number of carbonyl (C=O) groups excluding carboxylic acids is 1. The molecule has 0 radical (unpaired) electrons. The summed E-state index contributed by atoms with van der Waals surface area (Å²) >= 11 is 0. The number of ketones is 1. The molecule has 2 aromatic rings. The average Bonchev–Trinajstić information content (AvgIpc) is 2.47. The van der Waals surface area contributed by atoms with Crippen molar-refractivity contribution in [1.29, 1.82) is 0 Å². The van der Waals surface area contributed by atoms with E-state index in [0.29, 0.717) is 29.2 Å². The quantitative estimate of drug-likeness (QED) is 0.475. The molecular weight excluding hydrogens is 272 g/mol. The first-order chi connectivity index (χ1) is 10.0. The summed E-state index contributed by atoms with van der Waals surface area (Å²) in [5.74, 6) is 0.915. The number of nitro benzene ring substituents is 1. The normalized spacial score (nSPS) is 10.2. The van der Waals surface area contributed by atoms with Gasteiger partial charge in [0, 0.05) is 18.1 Å². The summed E-state index contributed by atoms with van der Waals surface area (Å²) < 4.78 is 5.57. The Kier molecular flexibility index (Phi) is 4.27. The van der Waals surface area contributed by atoms with Gasteiger partial charge in [-0.3, -0.25) is 14.9 Å². The molecule has 0 atom stereocenters. The van der Waals surface area contributed by atoms with Crippen molar-refractivity contribution < 1.29 is 14.5 Å². The third-order valence-electron chi connectivity index (χ3n) is 2.94. The minimum Gasteiger partial charge on any atom is -0.456 e. The first-order valence-corrected chi connectivity index (χ1v) is 6.43. The number of pyridine rings is 1. The lowest BCUT2D eigenvalue weighted by atomic mass is 10.2. The van der Waals surface area contributed by atoms with Gasteiger partial charge in [0.15, 0.2) is 5.78 Å². The monoisotopic (exact) mass is 286 g/mol. The molecule has 6 nitrogen and oxygen atoms in total. The van der Waals surface area contributed by atoms with Crippen molar-refractivity contribution in [3.63, 3.8) is 0 Å². The smallest absolute Gasteiger partial charge is 0.272 e. The van der Waals surface area contributed by atoms with Crippen LogP contribution in [0.1, 0.15) is 29.4 Å². The second-order valence-corrected chi connectivity index (χ2v) is 4.46. The molecule has 2 rings (SSSR count). The number of hydrogen-bond donors (Lipinski definition) is 0. The molecule has 0 spiro atoms. The van der Waals surface area contributed by atoms with Gasteiger partial charge in [-0.15, -0.1) is 0 Å². The van der Waals surface area contributed by atoms with Gasteiger partial charge < -0.3 is 4.74 Å². The minimum absolute atomic E-state index is 0.0345. The molecule has 0 amide bonds. The van der Waals surface area contributed by atoms with Crippen LogP contribution in [0.25, 0.3) is 0 Å². The maximum absolute atomic E-state index is 11.5. The summed E-state index contributed by atoms with van der Waals surface area (Å²) in [7, 11) is 0. The van der Waals surface area contributed by atoms with Crippen LogP contribution in [0.5, 0.6) is 11.5 Å². The van der Waals surface area contributed by atoms with E-state index < -0.39 is 4.92 Å². The molecule has 6 heteroatoms. The molecule has 0 unspecified atom stereocenters. The van der Waals surface area contributed by atoms with Crippen molar-refractivity contribution in [2.24, 2.45) is 0 Å². The zero-order valence-corrected chi connectivity index (χ0v) is 11.7. The van der Waals surface area contributed by atoms with Crippen LogP contribution in [0.15, 0.2) is 36.5 Å². The fraction of sp³-hybridized carbons (Fsp3) is 0.200. The van der Waals surface area contributed by atoms with E-state index in [4.69, 9.17) is 4.74 Å². The fourth-order valence-electron chi connectivity index (χ4n) is 1.82. The summed E-state index contributed by atoms with van der Waals surface area (Å²) in [6.07, 6.45) is 1.86. The van der Waals surface area contributed by atoms with Crippen molar-refractivity contribution in [2.45, 2.75) is 20.3 Å². The third-order valence-corrected chi connectivity index (χ3v) is 2.94. The van der Waals surface area contributed by atoms with Gasteiger partial charge in [-0.25, -0.2) is 4.98 Å². The number of hydrogen-bond acceptors (Lipinski definition) is 5. The van der Waals surface area contributed by atoms with Gasteiger partial charge in [-0.05, 0) is 31.2 Å². The molecule has 0 bridgehead atoms. The summed E-state index contributed by atoms with van der Waals surface area (Å²) in [5, 5.41) is 10.7. The zero-order valence-electron chi connectivity index (χ0n) is 11.7. The van der Waals surface area contributed by atoms with Crippen molar-refractivity contribution in [2.75, 3.05) is 0 Å². The molecule has 0 aliphatic heterocycles. The van der Waals surface area contributed by atoms with E-state index in [1.807, 2.05) is 0 Å². The zero-order chi connectivity index (χ0) is 15.4. The topological polar surface area (TPSA) is 82.3 Å². The van der Waals surface area contributed by atoms with Crippen molar-refractivity contribution >= 4 is 11.5 Å². The van der Waals surface area contributed by atoms with E-state index in [1.165, 1.54) is 18.3 Å². The van der Waals surface area contributed by atoms with E-state index >= 15 is 0 Å². The largest absolute Gasteiger partial charge is 0.456 e. The summed E-state index contributed by atoms with van der Waals surface area (Å²) in [5.41, 5.74) is 0.956. The molecule has 0 saturated heterocycles. The Morgan fingerprint density at radius 3 is 2.52 bits per heavy atom. The number of benzene rings is 1. The van der Waals surface area contributed by atoms with Gasteiger partial charge in [0.2, 0.25) is 0 Å². The maximum atomic E-state index is 11.5. The van der Waals surface area contributed by atoms with E-state index in [9.17, 15) is 14.9 Å². The highest BCUT2D eigenvalue weighted by atomic mass is 16.6. The Labute approximate surface area is 121 Å². The fourth-order valence-corrected chi connectivity index (χ4v) is 1.82. The standard InChI is InChI=1S/C15H14N2O4/c1-3-15(18)13-6-4-12(9-16-13)21-11-5-7-14(17(19)20)10(2)8-11/h4-9H,3H2,1-2H3. The Morgan fingerprint density at radius 2 is 2.00 bits per heavy atom. The number of carbonyl (C=O) groups is 1. The molecule has 0 fully saturated rings. The van der Waals surface area contributed by atoms with Crippen LogP contribution >= 0.6 is 0 Å². The Balaban J connectivity index is 2.17. The lowest BCUT2D eigenvalue weighted by molar-refractivity contribution is -0.385. The van der Waals surface area contributed by atoms with Crippen LogP contribution in [-0.4, -0.2) is 15.7 Å². The second-order valence-electron chi connectivity index (χ2n) is 4.46. The molecule has 21 heavy (non-hydrogen) atoms. The highest BCUT2D eigenvalue weighted by molar-refractivity contribution is 5.93. The van der Waals surface area contributed by atoms with Crippen molar-refractivity contribution in [3.05, 3.63) is 57.9 Å². The van der Waals surface area contributed by atoms with Crippen LogP contribution in [0, 0.1) is 17.0 Å². The van der Waals surface area contributed by atoms with Crippen LogP contribution in [0.2, 0.25) is 0 Å². The first-order valence-electron chi connectivity index (χ1n) is 6.43. The van der Waals surface area contributed by atoms with E-state index in [1.54, 1.807) is 32.0 Å². The predicted molar refractivity (Wildman–Crippen MR) is 76.8 cm³/mol. The summed E-state index contributed by atoms with van der Waals surface area (Å²) in [6.45, 7) is 3.42. The van der Waals surface area contributed by atoms with Crippen molar-refractivity contribution in [3.8, 4) is 11.5 Å². The van der Waals surface area contributed by atoms with Crippen LogP contribution < -0.4 is 4.74 Å². The predicted octanol–water partition coefficient (Wildman–Crippen LogP) is 3.68. The first kappa shape index (κ1) is 14.6. The highest BCUT2D eigenvalue weighted by Crippen LogP contribution is 2.26. The van der Waals surface area contributed by atoms with Crippen LogP contribution in [-0.2, 0) is 0 Å². The maximum Gasteiger partial charge on any atom is 0.272 e.